The molecule has 1 aliphatic carbocycles. The van der Waals surface area contributed by atoms with Gasteiger partial charge in [0.2, 0.25) is 0 Å². The van der Waals surface area contributed by atoms with Gasteiger partial charge >= 0.3 is 0 Å². The highest BCUT2D eigenvalue weighted by atomic mass is 32.1. The standard InChI is InChI=1S/C21H30N4O2S/c1-23-20(14-27-18-11-9-17(26-2)10-12-18)22-25(21(23)28)15-24-13-5-7-16-6-3-4-8-19(16)24/h9-12,16,19H,3-8,13-15H2,1-2H3/t16-,19+/m1/s1. The number of nitrogens with zero attached hydrogens (tertiary/aromatic N) is 4. The van der Waals surface area contributed by atoms with E-state index >= 15 is 0 Å². The van der Waals surface area contributed by atoms with E-state index in [9.17, 15) is 0 Å². The Hall–Kier alpha value is -1.86. The van der Waals surface area contributed by atoms with E-state index in [2.05, 4.69) is 4.90 Å². The Morgan fingerprint density at radius 2 is 1.79 bits per heavy atom. The quantitative estimate of drug-likeness (QED) is 0.679. The third kappa shape index (κ3) is 4.10. The van der Waals surface area contributed by atoms with E-state index in [0.717, 1.165) is 41.2 Å². The van der Waals surface area contributed by atoms with Gasteiger partial charge in [0.05, 0.1) is 13.8 Å². The lowest BCUT2D eigenvalue weighted by molar-refractivity contribution is 0.0321. The highest BCUT2D eigenvalue weighted by Crippen LogP contribution is 2.35. The van der Waals surface area contributed by atoms with Crippen LogP contribution in [0.1, 0.15) is 44.3 Å². The lowest BCUT2D eigenvalue weighted by Gasteiger charge is -2.43. The first-order chi connectivity index (χ1) is 13.7. The van der Waals surface area contributed by atoms with Crippen LogP contribution in [-0.2, 0) is 20.3 Å². The van der Waals surface area contributed by atoms with Crippen molar-refractivity contribution < 1.29 is 9.47 Å². The molecular formula is C21H30N4O2S. The van der Waals surface area contributed by atoms with Crippen molar-refractivity contribution in [2.45, 2.75) is 57.8 Å². The van der Waals surface area contributed by atoms with Crippen molar-refractivity contribution in [3.8, 4) is 11.5 Å². The molecule has 28 heavy (non-hydrogen) atoms. The second kappa shape index (κ2) is 8.66. The molecule has 1 saturated heterocycles. The Bertz CT molecular complexity index is 843. The molecule has 1 aromatic carbocycles. The Morgan fingerprint density at radius 1 is 1.07 bits per heavy atom. The van der Waals surface area contributed by atoms with Crippen molar-refractivity contribution >= 4 is 12.2 Å². The molecule has 1 aliphatic heterocycles. The van der Waals surface area contributed by atoms with E-state index in [0.29, 0.717) is 12.6 Å². The van der Waals surface area contributed by atoms with Crippen molar-refractivity contribution in [3.63, 3.8) is 0 Å². The summed E-state index contributed by atoms with van der Waals surface area (Å²) in [6.45, 7) is 2.33. The minimum absolute atomic E-state index is 0.394. The second-order valence-corrected chi connectivity index (χ2v) is 8.29. The molecule has 0 unspecified atom stereocenters. The van der Waals surface area contributed by atoms with Crippen molar-refractivity contribution in [2.75, 3.05) is 13.7 Å². The number of piperidine rings is 1. The van der Waals surface area contributed by atoms with Crippen LogP contribution in [0.5, 0.6) is 11.5 Å². The van der Waals surface area contributed by atoms with E-state index in [4.69, 9.17) is 26.8 Å². The maximum Gasteiger partial charge on any atom is 0.198 e. The summed E-state index contributed by atoms with van der Waals surface area (Å²) in [6, 6.07) is 8.29. The third-order valence-corrected chi connectivity index (χ3v) is 6.72. The lowest BCUT2D eigenvalue weighted by atomic mass is 9.78. The molecule has 152 valence electrons. The van der Waals surface area contributed by atoms with E-state index in [1.165, 1.54) is 38.5 Å². The van der Waals surface area contributed by atoms with Crippen LogP contribution >= 0.6 is 12.2 Å². The molecule has 0 amide bonds. The number of fused-ring (bicyclic) bond motifs is 1. The zero-order valence-electron chi connectivity index (χ0n) is 16.8. The topological polar surface area (TPSA) is 44.5 Å². The van der Waals surface area contributed by atoms with Gasteiger partial charge in [0.15, 0.2) is 10.6 Å². The van der Waals surface area contributed by atoms with Gasteiger partial charge in [-0.1, -0.05) is 12.8 Å². The molecular weight excluding hydrogens is 372 g/mol. The first kappa shape index (κ1) is 19.5. The smallest absolute Gasteiger partial charge is 0.198 e. The zero-order valence-corrected chi connectivity index (χ0v) is 17.7. The number of benzene rings is 1. The number of methoxy groups -OCH3 is 1. The maximum absolute atomic E-state index is 5.90. The van der Waals surface area contributed by atoms with Gasteiger partial charge in [-0.15, -0.1) is 0 Å². The normalized spacial score (nSPS) is 22.6. The number of ether oxygens (including phenoxy) is 2. The average Bonchev–Trinajstić information content (AvgIpc) is 3.01. The summed E-state index contributed by atoms with van der Waals surface area (Å²) in [4.78, 5) is 2.60. The monoisotopic (exact) mass is 402 g/mol. The molecule has 4 rings (SSSR count). The minimum atomic E-state index is 0.394. The summed E-state index contributed by atoms with van der Waals surface area (Å²) in [5.41, 5.74) is 0. The SMILES string of the molecule is COc1ccc(OCc2nn(CN3CCC[C@H]4CCCC[C@@H]43)c(=S)n2C)cc1. The minimum Gasteiger partial charge on any atom is -0.497 e. The number of aromatic nitrogens is 3. The molecule has 2 fully saturated rings. The van der Waals surface area contributed by atoms with Gasteiger partial charge in [-0.25, -0.2) is 4.68 Å². The third-order valence-electron chi connectivity index (χ3n) is 6.23. The summed E-state index contributed by atoms with van der Waals surface area (Å²) in [5, 5.41) is 4.77. The van der Waals surface area contributed by atoms with Gasteiger partial charge in [-0.3, -0.25) is 4.90 Å². The molecule has 6 nitrogen and oxygen atoms in total. The van der Waals surface area contributed by atoms with Crippen molar-refractivity contribution in [2.24, 2.45) is 13.0 Å². The summed E-state index contributed by atoms with van der Waals surface area (Å²) in [5.74, 6) is 3.32. The van der Waals surface area contributed by atoms with E-state index in [1.807, 2.05) is 40.6 Å². The summed E-state index contributed by atoms with van der Waals surface area (Å²) >= 11 is 5.66. The molecule has 0 bridgehead atoms. The average molecular weight is 403 g/mol. The lowest BCUT2D eigenvalue weighted by Crippen LogP contribution is -2.47. The number of likely N-dealkylation sites (tertiary alicyclic amines) is 1. The first-order valence-corrected chi connectivity index (χ1v) is 10.7. The highest BCUT2D eigenvalue weighted by molar-refractivity contribution is 7.71. The van der Waals surface area contributed by atoms with Crippen LogP contribution in [0.3, 0.4) is 0 Å². The van der Waals surface area contributed by atoms with Gasteiger partial charge in [0.25, 0.3) is 0 Å². The molecule has 1 saturated carbocycles. The van der Waals surface area contributed by atoms with Gasteiger partial charge in [-0.05, 0) is 68.1 Å². The zero-order chi connectivity index (χ0) is 19.5. The molecule has 2 aliphatic rings. The van der Waals surface area contributed by atoms with E-state index in [1.54, 1.807) is 7.11 Å². The number of hydrogen-bond acceptors (Lipinski definition) is 5. The second-order valence-electron chi connectivity index (χ2n) is 7.93. The fourth-order valence-corrected chi connectivity index (χ4v) is 4.85. The largest absolute Gasteiger partial charge is 0.497 e. The van der Waals surface area contributed by atoms with E-state index in [-0.39, 0.29) is 0 Å². The Kier molecular flexibility index (Phi) is 6.01. The molecule has 2 aromatic rings. The molecule has 0 spiro atoms. The molecule has 0 radical (unpaired) electrons. The predicted octanol–water partition coefficient (Wildman–Crippen LogP) is 4.15. The Labute approximate surface area is 172 Å². The van der Waals surface area contributed by atoms with Gasteiger partial charge < -0.3 is 14.0 Å². The van der Waals surface area contributed by atoms with Crippen LogP contribution in [-0.4, -0.2) is 38.9 Å². The van der Waals surface area contributed by atoms with Crippen LogP contribution in [0.15, 0.2) is 24.3 Å². The van der Waals surface area contributed by atoms with Crippen LogP contribution in [0, 0.1) is 10.7 Å². The van der Waals surface area contributed by atoms with Crippen molar-refractivity contribution in [3.05, 3.63) is 34.9 Å². The van der Waals surface area contributed by atoms with Gasteiger partial charge in [0, 0.05) is 19.6 Å². The summed E-state index contributed by atoms with van der Waals surface area (Å²) in [6.07, 6.45) is 8.12. The van der Waals surface area contributed by atoms with Crippen molar-refractivity contribution in [1.29, 1.82) is 0 Å². The fraction of sp³-hybridized carbons (Fsp3) is 0.619. The maximum atomic E-state index is 5.90. The van der Waals surface area contributed by atoms with Crippen LogP contribution in [0.4, 0.5) is 0 Å². The first-order valence-electron chi connectivity index (χ1n) is 10.3. The number of rotatable bonds is 6. The van der Waals surface area contributed by atoms with Crippen molar-refractivity contribution in [1.82, 2.24) is 19.2 Å². The van der Waals surface area contributed by atoms with Gasteiger partial charge in [0.1, 0.15) is 18.1 Å². The molecule has 7 heteroatoms. The summed E-state index contributed by atoms with van der Waals surface area (Å²) in [7, 11) is 3.63. The fourth-order valence-electron chi connectivity index (χ4n) is 4.65. The van der Waals surface area contributed by atoms with E-state index < -0.39 is 0 Å². The molecule has 0 N–H and O–H groups in total. The van der Waals surface area contributed by atoms with Gasteiger partial charge in [-0.2, -0.15) is 5.10 Å². The number of hydrogen-bond donors (Lipinski definition) is 0. The summed E-state index contributed by atoms with van der Waals surface area (Å²) < 4.78 is 15.8. The predicted molar refractivity (Wildman–Crippen MR) is 111 cm³/mol. The molecule has 2 atom stereocenters. The van der Waals surface area contributed by atoms with Crippen LogP contribution in [0.25, 0.3) is 0 Å². The Morgan fingerprint density at radius 3 is 2.57 bits per heavy atom. The molecule has 2 heterocycles. The highest BCUT2D eigenvalue weighted by Gasteiger charge is 2.33. The van der Waals surface area contributed by atoms with Crippen LogP contribution < -0.4 is 9.47 Å². The van der Waals surface area contributed by atoms with Crippen LogP contribution in [0.2, 0.25) is 0 Å². The Balaban J connectivity index is 1.43. The molecule has 1 aromatic heterocycles.